The van der Waals surface area contributed by atoms with Crippen LogP contribution in [0.5, 0.6) is 0 Å². The normalized spacial score (nSPS) is 28.5. The molecule has 0 amide bonds. The molecular formula is C16H24N4. The summed E-state index contributed by atoms with van der Waals surface area (Å²) in [7, 11) is 2.21. The maximum Gasteiger partial charge on any atom is 0.128 e. The molecule has 0 aromatic carbocycles. The van der Waals surface area contributed by atoms with E-state index < -0.39 is 0 Å². The molecule has 3 aliphatic rings. The molecule has 0 unspecified atom stereocenters. The van der Waals surface area contributed by atoms with Gasteiger partial charge < -0.3 is 15.5 Å². The second-order valence-electron chi connectivity index (χ2n) is 6.87. The van der Waals surface area contributed by atoms with Gasteiger partial charge in [-0.25, -0.2) is 4.98 Å². The highest BCUT2D eigenvalue weighted by atomic mass is 15.2. The smallest absolute Gasteiger partial charge is 0.128 e. The maximum atomic E-state index is 6.60. The van der Waals surface area contributed by atoms with Gasteiger partial charge in [0, 0.05) is 24.8 Å². The van der Waals surface area contributed by atoms with E-state index in [0.717, 1.165) is 25.3 Å². The van der Waals surface area contributed by atoms with Crippen LogP contribution in [0.2, 0.25) is 0 Å². The molecule has 0 bridgehead atoms. The van der Waals surface area contributed by atoms with E-state index in [1.165, 1.54) is 43.6 Å². The van der Waals surface area contributed by atoms with Gasteiger partial charge in [-0.15, -0.1) is 0 Å². The minimum atomic E-state index is 0.184. The van der Waals surface area contributed by atoms with Crippen molar-refractivity contribution in [3.63, 3.8) is 0 Å². The topological polar surface area (TPSA) is 45.4 Å². The molecule has 1 spiro atoms. The molecule has 4 heteroatoms. The Morgan fingerprint density at radius 3 is 2.60 bits per heavy atom. The number of nitrogens with two attached hydrogens (primary N) is 1. The van der Waals surface area contributed by atoms with Crippen molar-refractivity contribution in [3.05, 3.63) is 23.4 Å². The van der Waals surface area contributed by atoms with Crippen molar-refractivity contribution in [1.29, 1.82) is 0 Å². The Morgan fingerprint density at radius 1 is 1.20 bits per heavy atom. The lowest BCUT2D eigenvalue weighted by Crippen LogP contribution is -2.42. The first-order valence-electron chi connectivity index (χ1n) is 7.87. The predicted octanol–water partition coefficient (Wildman–Crippen LogP) is 1.56. The number of piperidine rings is 1. The Labute approximate surface area is 121 Å². The number of rotatable bonds is 1. The lowest BCUT2D eigenvalue weighted by Gasteiger charge is -2.40. The summed E-state index contributed by atoms with van der Waals surface area (Å²) in [5.74, 6) is 1.16. The lowest BCUT2D eigenvalue weighted by atomic mass is 9.73. The third-order valence-corrected chi connectivity index (χ3v) is 5.67. The molecule has 2 saturated heterocycles. The van der Waals surface area contributed by atoms with E-state index in [4.69, 9.17) is 10.7 Å². The van der Waals surface area contributed by atoms with E-state index in [1.54, 1.807) is 0 Å². The summed E-state index contributed by atoms with van der Waals surface area (Å²) in [6, 6.07) is 4.60. The molecule has 0 radical (unpaired) electrons. The number of fused-ring (bicyclic) bond motifs is 1. The molecule has 1 atom stereocenters. The van der Waals surface area contributed by atoms with Crippen LogP contribution in [0.4, 0.5) is 5.82 Å². The van der Waals surface area contributed by atoms with Crippen LogP contribution in [-0.2, 0) is 6.42 Å². The summed E-state index contributed by atoms with van der Waals surface area (Å²) in [5.41, 5.74) is 9.45. The Morgan fingerprint density at radius 2 is 1.95 bits per heavy atom. The fourth-order valence-electron chi connectivity index (χ4n) is 3.97. The number of pyridine rings is 1. The SMILES string of the molecule is CN1CCC2(CC1)Cc1nc(N3CCC3)ccc1[C@H]2N. The van der Waals surface area contributed by atoms with Gasteiger partial charge in [-0.1, -0.05) is 6.07 Å². The predicted molar refractivity (Wildman–Crippen MR) is 80.9 cm³/mol. The highest BCUT2D eigenvalue weighted by Crippen LogP contribution is 2.50. The fourth-order valence-corrected chi connectivity index (χ4v) is 3.97. The van der Waals surface area contributed by atoms with Crippen LogP contribution in [0.15, 0.2) is 12.1 Å². The van der Waals surface area contributed by atoms with E-state index in [2.05, 4.69) is 29.0 Å². The Kier molecular flexibility index (Phi) is 2.79. The minimum Gasteiger partial charge on any atom is -0.356 e. The number of nitrogens with zero attached hydrogens (tertiary/aromatic N) is 3. The number of likely N-dealkylation sites (tertiary alicyclic amines) is 1. The highest BCUT2D eigenvalue weighted by molar-refractivity contribution is 5.47. The lowest BCUT2D eigenvalue weighted by molar-refractivity contribution is 0.105. The zero-order valence-electron chi connectivity index (χ0n) is 12.3. The van der Waals surface area contributed by atoms with Crippen molar-refractivity contribution >= 4 is 5.82 Å². The van der Waals surface area contributed by atoms with Gasteiger partial charge in [0.1, 0.15) is 5.82 Å². The molecule has 4 nitrogen and oxygen atoms in total. The average Bonchev–Trinajstić information content (AvgIpc) is 2.65. The van der Waals surface area contributed by atoms with Crippen LogP contribution >= 0.6 is 0 Å². The molecule has 2 aliphatic heterocycles. The van der Waals surface area contributed by atoms with Crippen LogP contribution in [0.3, 0.4) is 0 Å². The molecule has 2 fully saturated rings. The number of hydrogen-bond acceptors (Lipinski definition) is 4. The summed E-state index contributed by atoms with van der Waals surface area (Å²) in [4.78, 5) is 9.71. The molecule has 4 rings (SSSR count). The van der Waals surface area contributed by atoms with Gasteiger partial charge in [0.25, 0.3) is 0 Å². The molecule has 20 heavy (non-hydrogen) atoms. The maximum absolute atomic E-state index is 6.60. The quantitative estimate of drug-likeness (QED) is 0.843. The second kappa shape index (κ2) is 4.43. The molecule has 0 saturated carbocycles. The third kappa shape index (κ3) is 1.78. The highest BCUT2D eigenvalue weighted by Gasteiger charge is 2.46. The zero-order valence-corrected chi connectivity index (χ0v) is 12.3. The van der Waals surface area contributed by atoms with Crippen molar-refractivity contribution in [2.75, 3.05) is 38.1 Å². The summed E-state index contributed by atoms with van der Waals surface area (Å²) in [6.45, 7) is 4.66. The van der Waals surface area contributed by atoms with Gasteiger partial charge in [-0.05, 0) is 62.9 Å². The van der Waals surface area contributed by atoms with Crippen LogP contribution in [0, 0.1) is 5.41 Å². The van der Waals surface area contributed by atoms with E-state index in [1.807, 2.05) is 0 Å². The van der Waals surface area contributed by atoms with Crippen LogP contribution in [-0.4, -0.2) is 43.1 Å². The third-order valence-electron chi connectivity index (χ3n) is 5.67. The van der Waals surface area contributed by atoms with Crippen LogP contribution < -0.4 is 10.6 Å². The molecule has 2 N–H and O–H groups in total. The van der Waals surface area contributed by atoms with Gasteiger partial charge in [0.2, 0.25) is 0 Å². The summed E-state index contributed by atoms with van der Waals surface area (Å²) in [6.07, 6.45) is 4.80. The standard InChI is InChI=1S/C16H24N4/c1-19-9-5-16(6-10-19)11-13-12(15(16)17)3-4-14(18-13)20-7-2-8-20/h3-4,15H,2,5-11,17H2,1H3/t15-/m1/s1. The summed E-state index contributed by atoms with van der Waals surface area (Å²) >= 11 is 0. The molecular weight excluding hydrogens is 248 g/mol. The number of aromatic nitrogens is 1. The van der Waals surface area contributed by atoms with Gasteiger partial charge in [0.15, 0.2) is 0 Å². The minimum absolute atomic E-state index is 0.184. The van der Waals surface area contributed by atoms with Gasteiger partial charge in [-0.3, -0.25) is 0 Å². The van der Waals surface area contributed by atoms with E-state index in [9.17, 15) is 0 Å². The molecule has 1 aromatic rings. The van der Waals surface area contributed by atoms with Crippen molar-refractivity contribution < 1.29 is 0 Å². The number of hydrogen-bond donors (Lipinski definition) is 1. The first-order valence-corrected chi connectivity index (χ1v) is 7.87. The molecule has 1 aliphatic carbocycles. The Hall–Kier alpha value is -1.13. The van der Waals surface area contributed by atoms with Crippen molar-refractivity contribution in [1.82, 2.24) is 9.88 Å². The first-order chi connectivity index (χ1) is 9.68. The molecule has 3 heterocycles. The average molecular weight is 272 g/mol. The van der Waals surface area contributed by atoms with Crippen LogP contribution in [0.25, 0.3) is 0 Å². The molecule has 108 valence electrons. The van der Waals surface area contributed by atoms with Crippen molar-refractivity contribution in [2.24, 2.45) is 11.1 Å². The summed E-state index contributed by atoms with van der Waals surface area (Å²) < 4.78 is 0. The van der Waals surface area contributed by atoms with Crippen molar-refractivity contribution in [2.45, 2.75) is 31.7 Å². The van der Waals surface area contributed by atoms with E-state index in [-0.39, 0.29) is 11.5 Å². The number of anilines is 1. The van der Waals surface area contributed by atoms with Gasteiger partial charge in [-0.2, -0.15) is 0 Å². The Balaban J connectivity index is 1.62. The largest absolute Gasteiger partial charge is 0.356 e. The molecule has 1 aromatic heterocycles. The monoisotopic (exact) mass is 272 g/mol. The first kappa shape index (κ1) is 12.6. The van der Waals surface area contributed by atoms with Crippen LogP contribution in [0.1, 0.15) is 36.6 Å². The zero-order chi connectivity index (χ0) is 13.7. The van der Waals surface area contributed by atoms with Gasteiger partial charge in [0.05, 0.1) is 0 Å². The Bertz CT molecular complexity index is 515. The van der Waals surface area contributed by atoms with Gasteiger partial charge >= 0.3 is 0 Å². The van der Waals surface area contributed by atoms with Crippen molar-refractivity contribution in [3.8, 4) is 0 Å². The van der Waals surface area contributed by atoms with E-state index in [0.29, 0.717) is 0 Å². The van der Waals surface area contributed by atoms with E-state index >= 15 is 0 Å². The fraction of sp³-hybridized carbons (Fsp3) is 0.688. The second-order valence-corrected chi connectivity index (χ2v) is 6.87. The summed E-state index contributed by atoms with van der Waals surface area (Å²) in [5, 5.41) is 0.